The topological polar surface area (TPSA) is 35.5 Å². The van der Waals surface area contributed by atoms with Crippen molar-refractivity contribution < 1.29 is 14.3 Å². The molecule has 1 aromatic carbocycles. The normalized spacial score (nSPS) is 10.3. The van der Waals surface area contributed by atoms with Crippen LogP contribution in [0.1, 0.15) is 21.5 Å². The summed E-state index contributed by atoms with van der Waals surface area (Å²) in [7, 11) is 3.20. The van der Waals surface area contributed by atoms with Gasteiger partial charge in [-0.15, -0.1) is 0 Å². The molecule has 15 heavy (non-hydrogen) atoms. The molecule has 0 radical (unpaired) electrons. The summed E-state index contributed by atoms with van der Waals surface area (Å²) in [5.74, 6) is 0. The number of methoxy groups -OCH3 is 2. The van der Waals surface area contributed by atoms with Crippen molar-refractivity contribution in [2.45, 2.75) is 13.2 Å². The standard InChI is InChI=1S/C11H13ClO3/c1-14-6-8-3-9(7-15-2)5-10(4-8)11(12)13/h3-5H,6-7H2,1-2H3. The van der Waals surface area contributed by atoms with Crippen molar-refractivity contribution in [1.29, 1.82) is 0 Å². The minimum absolute atomic E-state index is 0.453. The lowest BCUT2D eigenvalue weighted by molar-refractivity contribution is 0.108. The highest BCUT2D eigenvalue weighted by Crippen LogP contribution is 2.14. The maximum Gasteiger partial charge on any atom is 0.252 e. The van der Waals surface area contributed by atoms with Gasteiger partial charge in [-0.3, -0.25) is 4.79 Å². The molecule has 82 valence electrons. The van der Waals surface area contributed by atoms with Crippen molar-refractivity contribution in [3.8, 4) is 0 Å². The largest absolute Gasteiger partial charge is 0.380 e. The Bertz CT molecular complexity index is 325. The number of rotatable bonds is 5. The van der Waals surface area contributed by atoms with E-state index in [9.17, 15) is 4.79 Å². The monoisotopic (exact) mass is 228 g/mol. The van der Waals surface area contributed by atoms with Crippen LogP contribution in [0.25, 0.3) is 0 Å². The summed E-state index contributed by atoms with van der Waals surface area (Å²) in [4.78, 5) is 11.0. The minimum Gasteiger partial charge on any atom is -0.380 e. The van der Waals surface area contributed by atoms with Crippen molar-refractivity contribution in [2.24, 2.45) is 0 Å². The van der Waals surface area contributed by atoms with Crippen LogP contribution in [0.2, 0.25) is 0 Å². The molecule has 0 bridgehead atoms. The van der Waals surface area contributed by atoms with E-state index in [1.165, 1.54) is 0 Å². The molecule has 0 aliphatic carbocycles. The highest BCUT2D eigenvalue weighted by molar-refractivity contribution is 6.67. The maximum absolute atomic E-state index is 11.0. The molecule has 3 nitrogen and oxygen atoms in total. The third-order valence-corrected chi connectivity index (χ3v) is 2.12. The molecule has 0 spiro atoms. The van der Waals surface area contributed by atoms with Gasteiger partial charge in [0.05, 0.1) is 13.2 Å². The molecule has 0 aliphatic heterocycles. The van der Waals surface area contributed by atoms with Gasteiger partial charge < -0.3 is 9.47 Å². The van der Waals surface area contributed by atoms with Gasteiger partial charge in [0.1, 0.15) is 0 Å². The van der Waals surface area contributed by atoms with E-state index in [4.69, 9.17) is 21.1 Å². The molecule has 0 unspecified atom stereocenters. The Morgan fingerprint density at radius 1 is 1.13 bits per heavy atom. The van der Waals surface area contributed by atoms with Crippen LogP contribution >= 0.6 is 11.6 Å². The number of hydrogen-bond acceptors (Lipinski definition) is 3. The van der Waals surface area contributed by atoms with Crippen LogP contribution in [0.3, 0.4) is 0 Å². The number of carbonyl (C=O) groups excluding carboxylic acids is 1. The summed E-state index contributed by atoms with van der Waals surface area (Å²) in [6, 6.07) is 5.37. The third-order valence-electron chi connectivity index (χ3n) is 1.90. The SMILES string of the molecule is COCc1cc(COC)cc(C(=O)Cl)c1. The van der Waals surface area contributed by atoms with Crippen LogP contribution in [0.4, 0.5) is 0 Å². The zero-order valence-electron chi connectivity index (χ0n) is 8.75. The van der Waals surface area contributed by atoms with E-state index in [0.29, 0.717) is 18.8 Å². The van der Waals surface area contributed by atoms with Crippen molar-refractivity contribution in [3.05, 3.63) is 34.9 Å². The summed E-state index contributed by atoms with van der Waals surface area (Å²) in [5, 5.41) is -0.467. The van der Waals surface area contributed by atoms with Gasteiger partial charge in [0.15, 0.2) is 0 Å². The summed E-state index contributed by atoms with van der Waals surface area (Å²) >= 11 is 5.43. The molecule has 0 atom stereocenters. The predicted octanol–water partition coefficient (Wildman–Crippen LogP) is 2.36. The molecule has 0 fully saturated rings. The number of halogens is 1. The van der Waals surface area contributed by atoms with E-state index < -0.39 is 5.24 Å². The Labute approximate surface area is 93.9 Å². The van der Waals surface area contributed by atoms with Crippen LogP contribution in [0, 0.1) is 0 Å². The second kappa shape index (κ2) is 5.85. The number of hydrogen-bond donors (Lipinski definition) is 0. The number of ether oxygens (including phenoxy) is 2. The van der Waals surface area contributed by atoms with Gasteiger partial charge in [-0.05, 0) is 34.9 Å². The molecule has 1 rings (SSSR count). The van der Waals surface area contributed by atoms with Gasteiger partial charge in [0, 0.05) is 19.8 Å². The Morgan fingerprint density at radius 2 is 1.60 bits per heavy atom. The van der Waals surface area contributed by atoms with E-state index in [0.717, 1.165) is 11.1 Å². The lowest BCUT2D eigenvalue weighted by Crippen LogP contribution is -1.98. The summed E-state index contributed by atoms with van der Waals surface area (Å²) in [5.41, 5.74) is 2.30. The highest BCUT2D eigenvalue weighted by atomic mass is 35.5. The van der Waals surface area contributed by atoms with Crippen molar-refractivity contribution in [2.75, 3.05) is 14.2 Å². The van der Waals surface area contributed by atoms with Crippen LogP contribution in [0.5, 0.6) is 0 Å². The molecule has 4 heteroatoms. The summed E-state index contributed by atoms with van der Waals surface area (Å²) in [6.45, 7) is 0.906. The van der Waals surface area contributed by atoms with Crippen LogP contribution in [-0.4, -0.2) is 19.5 Å². The fraction of sp³-hybridized carbons (Fsp3) is 0.364. The zero-order chi connectivity index (χ0) is 11.3. The first kappa shape index (κ1) is 12.2. The van der Waals surface area contributed by atoms with E-state index in [2.05, 4.69) is 0 Å². The van der Waals surface area contributed by atoms with E-state index in [1.54, 1.807) is 26.4 Å². The molecule has 0 amide bonds. The zero-order valence-corrected chi connectivity index (χ0v) is 9.50. The summed E-state index contributed by atoms with van der Waals surface area (Å²) in [6.07, 6.45) is 0. The quantitative estimate of drug-likeness (QED) is 0.726. The third kappa shape index (κ3) is 3.63. The van der Waals surface area contributed by atoms with Gasteiger partial charge >= 0.3 is 0 Å². The van der Waals surface area contributed by atoms with Crippen molar-refractivity contribution in [1.82, 2.24) is 0 Å². The Hall–Kier alpha value is -0.900. The lowest BCUT2D eigenvalue weighted by Gasteiger charge is -2.06. The van der Waals surface area contributed by atoms with Crippen LogP contribution in [-0.2, 0) is 22.7 Å². The fourth-order valence-corrected chi connectivity index (χ4v) is 1.49. The van der Waals surface area contributed by atoms with Crippen molar-refractivity contribution in [3.63, 3.8) is 0 Å². The first-order valence-electron chi connectivity index (χ1n) is 4.48. The molecule has 0 aromatic heterocycles. The highest BCUT2D eigenvalue weighted by Gasteiger charge is 2.06. The van der Waals surface area contributed by atoms with E-state index in [1.807, 2.05) is 6.07 Å². The Kier molecular flexibility index (Phi) is 4.75. The van der Waals surface area contributed by atoms with Crippen molar-refractivity contribution >= 4 is 16.8 Å². The number of carbonyl (C=O) groups is 1. The average Bonchev–Trinajstić information content (AvgIpc) is 2.18. The average molecular weight is 229 g/mol. The molecule has 0 heterocycles. The molecular formula is C11H13ClO3. The first-order valence-corrected chi connectivity index (χ1v) is 4.85. The smallest absolute Gasteiger partial charge is 0.252 e. The molecule has 0 saturated carbocycles. The van der Waals surface area contributed by atoms with Gasteiger partial charge in [0.25, 0.3) is 5.24 Å². The van der Waals surface area contributed by atoms with Gasteiger partial charge in [-0.1, -0.05) is 6.07 Å². The summed E-state index contributed by atoms with van der Waals surface area (Å²) < 4.78 is 10.0. The predicted molar refractivity (Wildman–Crippen MR) is 58.1 cm³/mol. The Balaban J connectivity index is 3.02. The van der Waals surface area contributed by atoms with E-state index in [-0.39, 0.29) is 0 Å². The molecule has 0 N–H and O–H groups in total. The van der Waals surface area contributed by atoms with Gasteiger partial charge in [-0.25, -0.2) is 0 Å². The second-order valence-electron chi connectivity index (χ2n) is 3.18. The minimum atomic E-state index is -0.467. The van der Waals surface area contributed by atoms with Crippen LogP contribution in [0.15, 0.2) is 18.2 Å². The second-order valence-corrected chi connectivity index (χ2v) is 3.52. The van der Waals surface area contributed by atoms with Crippen LogP contribution < -0.4 is 0 Å². The van der Waals surface area contributed by atoms with E-state index >= 15 is 0 Å². The maximum atomic E-state index is 11.0. The lowest BCUT2D eigenvalue weighted by atomic mass is 10.1. The van der Waals surface area contributed by atoms with Gasteiger partial charge in [-0.2, -0.15) is 0 Å². The molecule has 0 aliphatic rings. The first-order chi connectivity index (χ1) is 7.17. The van der Waals surface area contributed by atoms with Gasteiger partial charge in [0.2, 0.25) is 0 Å². The molecular weight excluding hydrogens is 216 g/mol. The molecule has 0 saturated heterocycles. The molecule has 1 aromatic rings. The Morgan fingerprint density at radius 3 is 1.93 bits per heavy atom. The number of benzene rings is 1. The fourth-order valence-electron chi connectivity index (χ4n) is 1.38.